The molecule has 0 unspecified atom stereocenters. The van der Waals surface area contributed by atoms with Gasteiger partial charge in [-0.25, -0.2) is 0 Å². The van der Waals surface area contributed by atoms with Crippen molar-refractivity contribution < 1.29 is 19.0 Å². The Labute approximate surface area is 140 Å². The molecule has 0 fully saturated rings. The number of halogens is 2. The highest BCUT2D eigenvalue weighted by Gasteiger charge is 2.16. The summed E-state index contributed by atoms with van der Waals surface area (Å²) in [5.74, 6) is 1.10. The topological polar surface area (TPSA) is 68.8 Å². The van der Waals surface area contributed by atoms with Crippen molar-refractivity contribution in [1.82, 2.24) is 10.6 Å². The van der Waals surface area contributed by atoms with Crippen molar-refractivity contribution in [3.05, 3.63) is 22.7 Å². The molecule has 1 aromatic rings. The zero-order valence-corrected chi connectivity index (χ0v) is 13.9. The summed E-state index contributed by atoms with van der Waals surface area (Å²) in [7, 11) is 1.62. The van der Waals surface area contributed by atoms with Crippen molar-refractivity contribution in [2.45, 2.75) is 6.54 Å². The van der Waals surface area contributed by atoms with Crippen LogP contribution < -0.4 is 20.1 Å². The monoisotopic (exact) mass is 350 g/mol. The Bertz CT molecular complexity index is 500. The molecule has 8 heteroatoms. The normalized spacial score (nSPS) is 12.5. The van der Waals surface area contributed by atoms with E-state index in [0.717, 1.165) is 5.56 Å². The largest absolute Gasteiger partial charge is 0.486 e. The molecule has 1 aliphatic heterocycles. The van der Waals surface area contributed by atoms with Crippen LogP contribution in [0.1, 0.15) is 5.56 Å². The predicted octanol–water partition coefficient (Wildman–Crippen LogP) is 1.39. The van der Waals surface area contributed by atoms with Gasteiger partial charge in [-0.15, -0.1) is 12.4 Å². The third kappa shape index (κ3) is 5.53. The average Bonchev–Trinajstić information content (AvgIpc) is 2.50. The molecule has 0 saturated carbocycles. The number of benzene rings is 1. The number of ether oxygens (including phenoxy) is 3. The first-order valence-electron chi connectivity index (χ1n) is 6.75. The maximum atomic E-state index is 11.6. The fourth-order valence-electron chi connectivity index (χ4n) is 1.91. The van der Waals surface area contributed by atoms with Crippen molar-refractivity contribution in [3.8, 4) is 11.5 Å². The number of hydrogen-bond acceptors (Lipinski definition) is 5. The van der Waals surface area contributed by atoms with Crippen LogP contribution >= 0.6 is 24.0 Å². The minimum atomic E-state index is -0.0860. The van der Waals surface area contributed by atoms with Crippen molar-refractivity contribution in [1.29, 1.82) is 0 Å². The van der Waals surface area contributed by atoms with Gasteiger partial charge in [-0.2, -0.15) is 0 Å². The lowest BCUT2D eigenvalue weighted by Gasteiger charge is -2.20. The van der Waals surface area contributed by atoms with Crippen LogP contribution in [0.3, 0.4) is 0 Å². The second-order valence-corrected chi connectivity index (χ2v) is 4.96. The Morgan fingerprint density at radius 1 is 1.36 bits per heavy atom. The molecule has 2 N–H and O–H groups in total. The lowest BCUT2D eigenvalue weighted by molar-refractivity contribution is -0.120. The summed E-state index contributed by atoms with van der Waals surface area (Å²) < 4.78 is 15.8. The molecule has 1 heterocycles. The molecule has 1 aliphatic rings. The molecule has 0 atom stereocenters. The molecule has 0 spiro atoms. The van der Waals surface area contributed by atoms with Crippen LogP contribution in [-0.4, -0.2) is 45.9 Å². The highest BCUT2D eigenvalue weighted by atomic mass is 35.5. The summed E-state index contributed by atoms with van der Waals surface area (Å²) in [5.41, 5.74) is 0.870. The summed E-state index contributed by atoms with van der Waals surface area (Å²) in [6, 6.07) is 3.60. The molecule has 0 saturated heterocycles. The van der Waals surface area contributed by atoms with E-state index in [9.17, 15) is 4.79 Å². The molecular weight excluding hydrogens is 331 g/mol. The van der Waals surface area contributed by atoms with Gasteiger partial charge < -0.3 is 24.8 Å². The molecule has 6 nitrogen and oxygen atoms in total. The summed E-state index contributed by atoms with van der Waals surface area (Å²) in [5, 5.41) is 6.28. The number of fused-ring (bicyclic) bond motifs is 1. The van der Waals surface area contributed by atoms with E-state index >= 15 is 0 Å². The number of carbonyl (C=O) groups excluding carboxylic acids is 1. The lowest BCUT2D eigenvalue weighted by Crippen LogP contribution is -2.34. The standard InChI is InChI=1S/C14H19ClN2O4.ClH/c1-19-3-2-16-9-13(18)17-8-10-6-11(15)14-12(7-10)20-4-5-21-14;/h6-7,16H,2-5,8-9H2,1H3,(H,17,18);1H. The van der Waals surface area contributed by atoms with Crippen LogP contribution in [0.2, 0.25) is 5.02 Å². The fourth-order valence-corrected chi connectivity index (χ4v) is 2.19. The van der Waals surface area contributed by atoms with Gasteiger partial charge in [0.25, 0.3) is 0 Å². The maximum absolute atomic E-state index is 11.6. The second-order valence-electron chi connectivity index (χ2n) is 4.55. The highest BCUT2D eigenvalue weighted by Crippen LogP contribution is 2.38. The van der Waals surface area contributed by atoms with E-state index in [0.29, 0.717) is 49.4 Å². The van der Waals surface area contributed by atoms with Crippen LogP contribution in [0.4, 0.5) is 0 Å². The zero-order chi connectivity index (χ0) is 15.1. The van der Waals surface area contributed by atoms with Crippen molar-refractivity contribution >= 4 is 29.9 Å². The summed E-state index contributed by atoms with van der Waals surface area (Å²) in [6.45, 7) is 2.85. The van der Waals surface area contributed by atoms with Crippen LogP contribution in [0.15, 0.2) is 12.1 Å². The third-order valence-corrected chi connectivity index (χ3v) is 3.20. The number of amides is 1. The molecule has 1 aromatic carbocycles. The minimum absolute atomic E-state index is 0. The Morgan fingerprint density at radius 2 is 2.14 bits per heavy atom. The SMILES string of the molecule is COCCNCC(=O)NCc1cc(Cl)c2c(c1)OCCO2.Cl. The number of rotatable bonds is 7. The third-order valence-electron chi connectivity index (χ3n) is 2.91. The Kier molecular flexibility index (Phi) is 8.34. The van der Waals surface area contributed by atoms with E-state index in [1.165, 1.54) is 0 Å². The van der Waals surface area contributed by atoms with Gasteiger partial charge in [0.2, 0.25) is 5.91 Å². The first kappa shape index (κ1) is 18.8. The predicted molar refractivity (Wildman–Crippen MR) is 86.3 cm³/mol. The second kappa shape index (κ2) is 9.74. The maximum Gasteiger partial charge on any atom is 0.234 e. The molecule has 0 radical (unpaired) electrons. The lowest BCUT2D eigenvalue weighted by atomic mass is 10.2. The van der Waals surface area contributed by atoms with E-state index in [1.807, 2.05) is 6.07 Å². The van der Waals surface area contributed by atoms with Gasteiger partial charge in [-0.1, -0.05) is 11.6 Å². The zero-order valence-electron chi connectivity index (χ0n) is 12.3. The molecular formula is C14H20Cl2N2O4. The number of hydrogen-bond donors (Lipinski definition) is 2. The molecule has 0 aliphatic carbocycles. The van der Waals surface area contributed by atoms with E-state index < -0.39 is 0 Å². The number of nitrogens with one attached hydrogen (secondary N) is 2. The minimum Gasteiger partial charge on any atom is -0.486 e. The van der Waals surface area contributed by atoms with Crippen molar-refractivity contribution in [2.24, 2.45) is 0 Å². The first-order valence-corrected chi connectivity index (χ1v) is 7.13. The van der Waals surface area contributed by atoms with E-state index in [-0.39, 0.29) is 24.9 Å². The van der Waals surface area contributed by atoms with Crippen LogP contribution in [-0.2, 0) is 16.1 Å². The van der Waals surface area contributed by atoms with Crippen molar-refractivity contribution in [3.63, 3.8) is 0 Å². The van der Waals surface area contributed by atoms with Gasteiger partial charge in [-0.3, -0.25) is 4.79 Å². The van der Waals surface area contributed by atoms with Gasteiger partial charge in [0.15, 0.2) is 11.5 Å². The quantitative estimate of drug-likeness (QED) is 0.727. The van der Waals surface area contributed by atoms with E-state index in [4.69, 9.17) is 25.8 Å². The molecule has 1 amide bonds. The molecule has 124 valence electrons. The Balaban J connectivity index is 0.00000242. The summed E-state index contributed by atoms with van der Waals surface area (Å²) >= 11 is 6.14. The van der Waals surface area contributed by atoms with Gasteiger partial charge >= 0.3 is 0 Å². The van der Waals surface area contributed by atoms with Gasteiger partial charge in [-0.05, 0) is 17.7 Å². The number of carbonyl (C=O) groups is 1. The number of methoxy groups -OCH3 is 1. The smallest absolute Gasteiger partial charge is 0.234 e. The van der Waals surface area contributed by atoms with Gasteiger partial charge in [0.05, 0.1) is 18.2 Å². The van der Waals surface area contributed by atoms with E-state index in [1.54, 1.807) is 13.2 Å². The molecule has 22 heavy (non-hydrogen) atoms. The average molecular weight is 351 g/mol. The summed E-state index contributed by atoms with van der Waals surface area (Å²) in [6.07, 6.45) is 0. The Morgan fingerprint density at radius 3 is 2.91 bits per heavy atom. The van der Waals surface area contributed by atoms with Gasteiger partial charge in [0.1, 0.15) is 13.2 Å². The van der Waals surface area contributed by atoms with Crippen LogP contribution in [0.5, 0.6) is 11.5 Å². The first-order chi connectivity index (χ1) is 10.2. The summed E-state index contributed by atoms with van der Waals surface area (Å²) in [4.78, 5) is 11.6. The Hall–Kier alpha value is -1.21. The van der Waals surface area contributed by atoms with Crippen molar-refractivity contribution in [2.75, 3.05) is 40.0 Å². The molecule has 0 bridgehead atoms. The molecule has 2 rings (SSSR count). The molecule has 0 aromatic heterocycles. The fraction of sp³-hybridized carbons (Fsp3) is 0.500. The van der Waals surface area contributed by atoms with Crippen LogP contribution in [0.25, 0.3) is 0 Å². The van der Waals surface area contributed by atoms with Gasteiger partial charge in [0, 0.05) is 20.2 Å². The van der Waals surface area contributed by atoms with E-state index in [2.05, 4.69) is 10.6 Å². The van der Waals surface area contributed by atoms with Crippen LogP contribution in [0, 0.1) is 0 Å². The highest BCUT2D eigenvalue weighted by molar-refractivity contribution is 6.32.